The maximum atomic E-state index is 12.3. The molecule has 2 N–H and O–H groups in total. The summed E-state index contributed by atoms with van der Waals surface area (Å²) in [7, 11) is -3.74. The van der Waals surface area contributed by atoms with E-state index in [1.807, 2.05) is 0 Å². The third-order valence-electron chi connectivity index (χ3n) is 3.13. The zero-order valence-corrected chi connectivity index (χ0v) is 11.9. The van der Waals surface area contributed by atoms with Crippen LogP contribution in [0.2, 0.25) is 0 Å². The van der Waals surface area contributed by atoms with Gasteiger partial charge in [0.15, 0.2) is 0 Å². The molecule has 0 spiro atoms. The fourth-order valence-corrected chi connectivity index (χ4v) is 3.44. The molecule has 1 aliphatic heterocycles. The molecule has 2 rings (SSSR count). The second-order valence-corrected chi connectivity index (χ2v) is 6.65. The van der Waals surface area contributed by atoms with Crippen molar-refractivity contribution >= 4 is 15.8 Å². The highest BCUT2D eigenvalue weighted by Crippen LogP contribution is 2.20. The molecule has 0 atom stereocenters. The van der Waals surface area contributed by atoms with Crippen LogP contribution in [-0.4, -0.2) is 61.5 Å². The van der Waals surface area contributed by atoms with E-state index in [4.69, 9.17) is 5.73 Å². The summed E-state index contributed by atoms with van der Waals surface area (Å²) in [6, 6.07) is 2.70. The quantitative estimate of drug-likeness (QED) is 0.877. The number of sulfonamides is 1. The fraction of sp³-hybridized carbons (Fsp3) is 0.545. The first-order valence-corrected chi connectivity index (χ1v) is 7.63. The molecule has 0 unspecified atom stereocenters. The number of rotatable bonds is 3. The first-order chi connectivity index (χ1) is 9.68. The van der Waals surface area contributed by atoms with Gasteiger partial charge in [-0.15, -0.1) is 0 Å². The molecule has 0 aliphatic carbocycles. The molecular formula is C11H15F3N4O2S. The number of alkyl halides is 3. The molecule has 0 bridgehead atoms. The Morgan fingerprint density at radius 1 is 1.19 bits per heavy atom. The molecule has 10 heteroatoms. The number of nitrogen functional groups attached to an aromatic ring is 1. The number of hydrogen-bond acceptors (Lipinski definition) is 5. The van der Waals surface area contributed by atoms with Gasteiger partial charge < -0.3 is 5.73 Å². The molecule has 0 amide bonds. The van der Waals surface area contributed by atoms with Crippen LogP contribution in [0, 0.1) is 0 Å². The predicted octanol–water partition coefficient (Wildman–Crippen LogP) is 0.532. The predicted molar refractivity (Wildman–Crippen MR) is 69.9 cm³/mol. The summed E-state index contributed by atoms with van der Waals surface area (Å²) in [6.07, 6.45) is -3.13. The summed E-state index contributed by atoms with van der Waals surface area (Å²) >= 11 is 0. The van der Waals surface area contributed by atoms with Crippen LogP contribution in [0.1, 0.15) is 0 Å². The summed E-state index contributed by atoms with van der Waals surface area (Å²) in [5.41, 5.74) is 5.39. The molecule has 6 nitrogen and oxygen atoms in total. The van der Waals surface area contributed by atoms with Gasteiger partial charge in [-0.05, 0) is 12.1 Å². The van der Waals surface area contributed by atoms with Crippen molar-refractivity contribution in [2.24, 2.45) is 0 Å². The van der Waals surface area contributed by atoms with Crippen LogP contribution >= 0.6 is 0 Å². The van der Waals surface area contributed by atoms with E-state index in [-0.39, 0.29) is 36.9 Å². The highest BCUT2D eigenvalue weighted by Gasteiger charge is 2.34. The van der Waals surface area contributed by atoms with Crippen molar-refractivity contribution in [2.45, 2.75) is 11.1 Å². The van der Waals surface area contributed by atoms with Crippen molar-refractivity contribution in [1.29, 1.82) is 0 Å². The minimum Gasteiger partial charge on any atom is -0.384 e. The second kappa shape index (κ2) is 5.78. The molecule has 1 saturated heterocycles. The summed E-state index contributed by atoms with van der Waals surface area (Å²) < 4.78 is 62.6. The summed E-state index contributed by atoms with van der Waals surface area (Å²) in [5, 5.41) is 0. The van der Waals surface area contributed by atoms with Gasteiger partial charge in [0.1, 0.15) is 10.7 Å². The smallest absolute Gasteiger partial charge is 0.384 e. The Labute approximate surface area is 120 Å². The normalized spacial score (nSPS) is 18.8. The molecule has 2 heterocycles. The van der Waals surface area contributed by atoms with E-state index in [1.54, 1.807) is 0 Å². The van der Waals surface area contributed by atoms with E-state index >= 15 is 0 Å². The largest absolute Gasteiger partial charge is 0.401 e. The Balaban J connectivity index is 2.03. The minimum absolute atomic E-state index is 0.0130. The van der Waals surface area contributed by atoms with Gasteiger partial charge in [-0.3, -0.25) is 4.90 Å². The molecule has 21 heavy (non-hydrogen) atoms. The molecule has 0 radical (unpaired) electrons. The molecule has 1 aliphatic rings. The Hall–Kier alpha value is -1.39. The Morgan fingerprint density at radius 3 is 2.29 bits per heavy atom. The number of pyridine rings is 1. The number of halogens is 3. The number of piperazine rings is 1. The van der Waals surface area contributed by atoms with E-state index in [2.05, 4.69) is 4.98 Å². The lowest BCUT2D eigenvalue weighted by Gasteiger charge is -2.34. The molecule has 1 aromatic rings. The van der Waals surface area contributed by atoms with Crippen molar-refractivity contribution in [2.75, 3.05) is 38.5 Å². The summed E-state index contributed by atoms with van der Waals surface area (Å²) in [4.78, 5) is 4.89. The van der Waals surface area contributed by atoms with Gasteiger partial charge in [0.05, 0.1) is 6.54 Å². The summed E-state index contributed by atoms with van der Waals surface area (Å²) in [5.74, 6) is 0.198. The van der Waals surface area contributed by atoms with E-state index in [9.17, 15) is 21.6 Å². The van der Waals surface area contributed by atoms with E-state index in [0.29, 0.717) is 0 Å². The lowest BCUT2D eigenvalue weighted by molar-refractivity contribution is -0.148. The van der Waals surface area contributed by atoms with Gasteiger partial charge in [-0.2, -0.15) is 17.5 Å². The van der Waals surface area contributed by atoms with Crippen molar-refractivity contribution in [1.82, 2.24) is 14.2 Å². The number of hydrogen-bond donors (Lipinski definition) is 1. The first-order valence-electron chi connectivity index (χ1n) is 6.19. The van der Waals surface area contributed by atoms with E-state index < -0.39 is 22.7 Å². The average Bonchev–Trinajstić information content (AvgIpc) is 2.38. The highest BCUT2D eigenvalue weighted by molar-refractivity contribution is 7.89. The van der Waals surface area contributed by atoms with Gasteiger partial charge in [-0.1, -0.05) is 0 Å². The highest BCUT2D eigenvalue weighted by atomic mass is 32.2. The fourth-order valence-electron chi connectivity index (χ4n) is 2.07. The van der Waals surface area contributed by atoms with Gasteiger partial charge in [-0.25, -0.2) is 13.4 Å². The minimum atomic E-state index is -4.28. The SMILES string of the molecule is Nc1ccc(S(=O)(=O)N2CCN(CC(F)(F)F)CC2)cn1. The van der Waals surface area contributed by atoms with Crippen molar-refractivity contribution in [3.05, 3.63) is 18.3 Å². The topological polar surface area (TPSA) is 79.5 Å². The van der Waals surface area contributed by atoms with E-state index in [0.717, 1.165) is 10.5 Å². The number of aromatic nitrogens is 1. The van der Waals surface area contributed by atoms with Crippen LogP contribution in [0.25, 0.3) is 0 Å². The van der Waals surface area contributed by atoms with Gasteiger partial charge in [0, 0.05) is 32.4 Å². The van der Waals surface area contributed by atoms with E-state index in [1.165, 1.54) is 17.0 Å². The zero-order valence-electron chi connectivity index (χ0n) is 11.0. The molecule has 118 valence electrons. The van der Waals surface area contributed by atoms with Gasteiger partial charge >= 0.3 is 6.18 Å². The number of nitrogens with two attached hydrogens (primary N) is 1. The van der Waals surface area contributed by atoms with Crippen LogP contribution in [0.3, 0.4) is 0 Å². The molecule has 0 aromatic carbocycles. The third kappa shape index (κ3) is 4.05. The number of anilines is 1. The maximum absolute atomic E-state index is 12.3. The van der Waals surface area contributed by atoms with Gasteiger partial charge in [0.2, 0.25) is 10.0 Å². The second-order valence-electron chi connectivity index (χ2n) is 4.71. The maximum Gasteiger partial charge on any atom is 0.401 e. The summed E-state index contributed by atoms with van der Waals surface area (Å²) in [6.45, 7) is -0.905. The molecule has 1 fully saturated rings. The van der Waals surface area contributed by atoms with Crippen molar-refractivity contribution in [3.8, 4) is 0 Å². The lowest BCUT2D eigenvalue weighted by atomic mass is 10.3. The first kappa shape index (κ1) is 16.0. The van der Waals surface area contributed by atoms with Crippen molar-refractivity contribution in [3.63, 3.8) is 0 Å². The van der Waals surface area contributed by atoms with Crippen LogP contribution in [-0.2, 0) is 10.0 Å². The monoisotopic (exact) mass is 324 g/mol. The van der Waals surface area contributed by atoms with Crippen molar-refractivity contribution < 1.29 is 21.6 Å². The standard InChI is InChI=1S/C11H15F3N4O2S/c12-11(13,14)8-17-3-5-18(6-4-17)21(19,20)9-1-2-10(15)16-7-9/h1-2,7H,3-6,8H2,(H2,15,16). The molecular weight excluding hydrogens is 309 g/mol. The Kier molecular flexibility index (Phi) is 4.40. The van der Waals surface area contributed by atoms with Crippen LogP contribution in [0.15, 0.2) is 23.2 Å². The van der Waals surface area contributed by atoms with Gasteiger partial charge in [0.25, 0.3) is 0 Å². The lowest BCUT2D eigenvalue weighted by Crippen LogP contribution is -2.50. The third-order valence-corrected chi connectivity index (χ3v) is 5.01. The van der Waals surface area contributed by atoms with Crippen LogP contribution in [0.4, 0.5) is 19.0 Å². The van der Waals surface area contributed by atoms with Crippen LogP contribution < -0.4 is 5.73 Å². The molecule has 0 saturated carbocycles. The molecule has 1 aromatic heterocycles. The zero-order chi connectivity index (χ0) is 15.7. The Bertz CT molecular complexity index is 580. The number of nitrogens with zero attached hydrogens (tertiary/aromatic N) is 3. The average molecular weight is 324 g/mol. The van der Waals surface area contributed by atoms with Crippen LogP contribution in [0.5, 0.6) is 0 Å². The Morgan fingerprint density at radius 2 is 1.81 bits per heavy atom.